The van der Waals surface area contributed by atoms with E-state index in [1.54, 1.807) is 0 Å². The summed E-state index contributed by atoms with van der Waals surface area (Å²) in [6.45, 7) is 15.0. The Morgan fingerprint density at radius 2 is 2.00 bits per heavy atom. The lowest BCUT2D eigenvalue weighted by atomic mass is 9.47. The Morgan fingerprint density at radius 1 is 1.27 bits per heavy atom. The van der Waals surface area contributed by atoms with E-state index in [0.29, 0.717) is 35.4 Å². The highest BCUT2D eigenvalue weighted by Crippen LogP contribution is 2.66. The fraction of sp³-hybridized carbons (Fsp3) is 0.778. The van der Waals surface area contributed by atoms with E-state index in [1.807, 2.05) is 6.08 Å². The molecular formula is C27H40O3. The molecule has 0 radical (unpaired) electrons. The second-order valence-electron chi connectivity index (χ2n) is 11.4. The van der Waals surface area contributed by atoms with Crippen LogP contribution >= 0.6 is 0 Å². The van der Waals surface area contributed by atoms with E-state index in [1.165, 1.54) is 24.5 Å². The zero-order valence-corrected chi connectivity index (χ0v) is 19.6. The Morgan fingerprint density at radius 3 is 2.67 bits per heavy atom. The number of ether oxygens (including phenoxy) is 1. The predicted molar refractivity (Wildman–Crippen MR) is 120 cm³/mol. The summed E-state index contributed by atoms with van der Waals surface area (Å²) >= 11 is 0. The number of fused-ring (bicyclic) bond motifs is 4. The Labute approximate surface area is 182 Å². The summed E-state index contributed by atoms with van der Waals surface area (Å²) in [6.07, 6.45) is 10.3. The minimum Gasteiger partial charge on any atom is -0.463 e. The number of carbonyl (C=O) groups excluding carboxylic acids is 2. The van der Waals surface area contributed by atoms with Gasteiger partial charge in [0.2, 0.25) is 0 Å². The third-order valence-electron chi connectivity index (χ3n) is 9.70. The van der Waals surface area contributed by atoms with Crippen LogP contribution in [0.4, 0.5) is 0 Å². The van der Waals surface area contributed by atoms with Crippen LogP contribution in [0.3, 0.4) is 0 Å². The molecule has 3 saturated carbocycles. The largest absolute Gasteiger partial charge is 0.463 e. The van der Waals surface area contributed by atoms with E-state index in [4.69, 9.17) is 4.74 Å². The quantitative estimate of drug-likeness (QED) is 0.403. The van der Waals surface area contributed by atoms with E-state index in [0.717, 1.165) is 44.9 Å². The second-order valence-corrected chi connectivity index (χ2v) is 11.4. The number of ketones is 1. The molecule has 0 aliphatic heterocycles. The summed E-state index contributed by atoms with van der Waals surface area (Å²) in [5.74, 6) is 2.79. The summed E-state index contributed by atoms with van der Waals surface area (Å²) in [5.41, 5.74) is 3.02. The summed E-state index contributed by atoms with van der Waals surface area (Å²) in [6, 6.07) is 0. The fourth-order valence-electron chi connectivity index (χ4n) is 8.24. The lowest BCUT2D eigenvalue weighted by Crippen LogP contribution is -2.51. The highest BCUT2D eigenvalue weighted by molar-refractivity contribution is 6.00. The maximum absolute atomic E-state index is 13.4. The summed E-state index contributed by atoms with van der Waals surface area (Å²) < 4.78 is 5.61. The van der Waals surface area contributed by atoms with Crippen molar-refractivity contribution in [2.75, 3.05) is 0 Å². The molecule has 3 nitrogen and oxygen atoms in total. The molecule has 0 N–H and O–H groups in total. The van der Waals surface area contributed by atoms with Crippen molar-refractivity contribution >= 4 is 11.8 Å². The number of esters is 1. The van der Waals surface area contributed by atoms with Gasteiger partial charge in [-0.25, -0.2) is 0 Å². The maximum Gasteiger partial charge on any atom is 0.302 e. The third kappa shape index (κ3) is 3.22. The minimum absolute atomic E-state index is 0.0394. The van der Waals surface area contributed by atoms with Gasteiger partial charge in [0.25, 0.3) is 0 Å². The van der Waals surface area contributed by atoms with Gasteiger partial charge < -0.3 is 4.74 Å². The van der Waals surface area contributed by atoms with Crippen LogP contribution in [0.1, 0.15) is 86.0 Å². The average Bonchev–Trinajstić information content (AvgIpc) is 2.94. The number of carbonyl (C=O) groups is 2. The molecule has 3 fully saturated rings. The molecule has 0 amide bonds. The zero-order chi connectivity index (χ0) is 21.8. The molecule has 3 heteroatoms. The van der Waals surface area contributed by atoms with Gasteiger partial charge in [0, 0.05) is 18.9 Å². The summed E-state index contributed by atoms with van der Waals surface area (Å²) in [7, 11) is 0. The number of rotatable bonds is 4. The summed E-state index contributed by atoms with van der Waals surface area (Å²) in [4.78, 5) is 24.9. The SMILES string of the molecule is C=CC[C@@H](C)[C@H]1CC(=O)C2=C3[C@H](C)C[C@H]4CC(OC(C)=O)CC[C@]4(C)[C@H]3CC[C@@]21C. The smallest absolute Gasteiger partial charge is 0.302 e. The number of Topliss-reactive ketones (excluding diaryl/α,β-unsaturated/α-hetero) is 1. The molecule has 0 aromatic rings. The highest BCUT2D eigenvalue weighted by atomic mass is 16.5. The third-order valence-corrected chi connectivity index (χ3v) is 9.70. The van der Waals surface area contributed by atoms with Crippen molar-refractivity contribution in [1.82, 2.24) is 0 Å². The van der Waals surface area contributed by atoms with Gasteiger partial charge in [-0.1, -0.05) is 39.3 Å². The van der Waals surface area contributed by atoms with Crippen LogP contribution in [0, 0.1) is 40.4 Å². The van der Waals surface area contributed by atoms with Crippen molar-refractivity contribution in [3.63, 3.8) is 0 Å². The Kier molecular flexibility index (Phi) is 5.56. The Balaban J connectivity index is 1.69. The lowest BCUT2D eigenvalue weighted by molar-refractivity contribution is -0.153. The first kappa shape index (κ1) is 21.8. The van der Waals surface area contributed by atoms with Crippen molar-refractivity contribution in [2.24, 2.45) is 40.4 Å². The van der Waals surface area contributed by atoms with E-state index < -0.39 is 0 Å². The Hall–Kier alpha value is -1.38. The minimum atomic E-state index is -0.153. The molecule has 4 rings (SSSR count). The first-order valence-corrected chi connectivity index (χ1v) is 12.2. The van der Waals surface area contributed by atoms with Gasteiger partial charge in [-0.05, 0) is 85.4 Å². The van der Waals surface area contributed by atoms with Crippen molar-refractivity contribution in [1.29, 1.82) is 0 Å². The van der Waals surface area contributed by atoms with Crippen LogP contribution in [0.25, 0.3) is 0 Å². The molecule has 0 saturated heterocycles. The van der Waals surface area contributed by atoms with Crippen molar-refractivity contribution in [3.8, 4) is 0 Å². The zero-order valence-electron chi connectivity index (χ0n) is 19.6. The normalized spacial score (nSPS) is 44.0. The van der Waals surface area contributed by atoms with Crippen LogP contribution < -0.4 is 0 Å². The van der Waals surface area contributed by atoms with Crippen molar-refractivity contribution < 1.29 is 14.3 Å². The van der Waals surface area contributed by atoms with E-state index in [2.05, 4.69) is 34.3 Å². The maximum atomic E-state index is 13.4. The molecule has 8 atom stereocenters. The van der Waals surface area contributed by atoms with Crippen LogP contribution in [0.2, 0.25) is 0 Å². The molecular weight excluding hydrogens is 372 g/mol. The van der Waals surface area contributed by atoms with Gasteiger partial charge in [-0.3, -0.25) is 9.59 Å². The Bertz CT molecular complexity index is 779. The first-order chi connectivity index (χ1) is 14.1. The fourth-order valence-corrected chi connectivity index (χ4v) is 8.24. The van der Waals surface area contributed by atoms with Crippen LogP contribution in [0.5, 0.6) is 0 Å². The first-order valence-electron chi connectivity index (χ1n) is 12.2. The molecule has 30 heavy (non-hydrogen) atoms. The highest BCUT2D eigenvalue weighted by Gasteiger charge is 2.59. The predicted octanol–water partition coefficient (Wildman–Crippen LogP) is 6.28. The van der Waals surface area contributed by atoms with Gasteiger partial charge in [0.1, 0.15) is 6.10 Å². The monoisotopic (exact) mass is 412 g/mol. The van der Waals surface area contributed by atoms with Gasteiger partial charge in [0.05, 0.1) is 0 Å². The number of hydrogen-bond donors (Lipinski definition) is 0. The number of allylic oxidation sites excluding steroid dienone is 3. The molecule has 0 spiro atoms. The van der Waals surface area contributed by atoms with Crippen LogP contribution in [-0.4, -0.2) is 17.9 Å². The molecule has 4 aliphatic carbocycles. The number of hydrogen-bond acceptors (Lipinski definition) is 3. The molecule has 0 heterocycles. The van der Waals surface area contributed by atoms with Crippen LogP contribution in [0.15, 0.2) is 23.8 Å². The van der Waals surface area contributed by atoms with E-state index in [9.17, 15) is 9.59 Å². The van der Waals surface area contributed by atoms with E-state index in [-0.39, 0.29) is 22.9 Å². The van der Waals surface area contributed by atoms with Crippen molar-refractivity contribution in [2.45, 2.75) is 92.1 Å². The van der Waals surface area contributed by atoms with Gasteiger partial charge >= 0.3 is 5.97 Å². The van der Waals surface area contributed by atoms with E-state index >= 15 is 0 Å². The molecule has 0 aromatic heterocycles. The average molecular weight is 413 g/mol. The van der Waals surface area contributed by atoms with Gasteiger partial charge in [-0.15, -0.1) is 6.58 Å². The van der Waals surface area contributed by atoms with Gasteiger partial charge in [-0.2, -0.15) is 0 Å². The molecule has 0 bridgehead atoms. The molecule has 4 aliphatic rings. The summed E-state index contributed by atoms with van der Waals surface area (Å²) in [5, 5.41) is 0. The standard InChI is InChI=1S/C27H40O3/c1-7-8-16(2)22-15-23(29)25-24-17(3)13-19-14-20(30-18(4)28)9-11-26(19,5)21(24)10-12-27(22,25)6/h7,16-17,19-22H,1,8-15H2,2-6H3/t16-,17-,19+,20?,21+,22-,26+,27-/m1/s1. The lowest BCUT2D eigenvalue weighted by Gasteiger charge is -2.58. The molecule has 1 unspecified atom stereocenters. The second kappa shape index (κ2) is 7.64. The molecule has 166 valence electrons. The van der Waals surface area contributed by atoms with Crippen LogP contribution in [-0.2, 0) is 14.3 Å². The molecule has 0 aromatic carbocycles. The van der Waals surface area contributed by atoms with Crippen molar-refractivity contribution in [3.05, 3.63) is 23.8 Å². The van der Waals surface area contributed by atoms with Gasteiger partial charge in [0.15, 0.2) is 5.78 Å². The topological polar surface area (TPSA) is 43.4 Å².